The van der Waals surface area contributed by atoms with Gasteiger partial charge in [0, 0.05) is 19.0 Å². The van der Waals surface area contributed by atoms with E-state index in [1.807, 2.05) is 19.9 Å². The summed E-state index contributed by atoms with van der Waals surface area (Å²) in [6.07, 6.45) is 0.608. The molecule has 1 aromatic carbocycles. The molecule has 2 rings (SSSR count). The fourth-order valence-corrected chi connectivity index (χ4v) is 3.39. The normalized spacial score (nSPS) is 27.2. The number of aliphatic hydroxyl groups excluding tert-OH is 1. The molecule has 1 saturated heterocycles. The van der Waals surface area contributed by atoms with E-state index >= 15 is 0 Å². The van der Waals surface area contributed by atoms with E-state index in [-0.39, 0.29) is 11.5 Å². The lowest BCUT2D eigenvalue weighted by Gasteiger charge is -2.30. The molecule has 1 aromatic rings. The first-order valence-electron chi connectivity index (χ1n) is 7.83. The van der Waals surface area contributed by atoms with Crippen molar-refractivity contribution < 1.29 is 9.84 Å². The smallest absolute Gasteiger partial charge is 0.0896 e. The topological polar surface area (TPSA) is 32.7 Å². The molecule has 0 amide bonds. The maximum absolute atomic E-state index is 10.5. The molecule has 1 N–H and O–H groups in total. The summed E-state index contributed by atoms with van der Waals surface area (Å²) in [6, 6.07) is 10.5. The van der Waals surface area contributed by atoms with Gasteiger partial charge < -0.3 is 14.7 Å². The average molecular weight is 291 g/mol. The fraction of sp³-hybridized carbons (Fsp3) is 0.667. The second kappa shape index (κ2) is 6.07. The molecule has 3 nitrogen and oxygen atoms in total. The third-order valence-electron chi connectivity index (χ3n) is 4.65. The van der Waals surface area contributed by atoms with Gasteiger partial charge >= 0.3 is 0 Å². The SMILES string of the molecule is CN(CCc1ccccc1)CC1C(O)C(C)(C)OC1(C)C. The third kappa shape index (κ3) is 3.85. The largest absolute Gasteiger partial charge is 0.390 e. The number of benzene rings is 1. The van der Waals surface area contributed by atoms with Gasteiger partial charge in [-0.05, 0) is 46.7 Å². The highest BCUT2D eigenvalue weighted by Crippen LogP contribution is 2.42. The van der Waals surface area contributed by atoms with Crippen molar-refractivity contribution in [1.82, 2.24) is 4.90 Å². The van der Waals surface area contributed by atoms with Gasteiger partial charge in [-0.2, -0.15) is 0 Å². The minimum Gasteiger partial charge on any atom is -0.390 e. The van der Waals surface area contributed by atoms with Crippen LogP contribution in [0.3, 0.4) is 0 Å². The monoisotopic (exact) mass is 291 g/mol. The van der Waals surface area contributed by atoms with Gasteiger partial charge in [0.2, 0.25) is 0 Å². The molecule has 21 heavy (non-hydrogen) atoms. The van der Waals surface area contributed by atoms with Crippen molar-refractivity contribution in [3.63, 3.8) is 0 Å². The Hall–Kier alpha value is -0.900. The van der Waals surface area contributed by atoms with Crippen LogP contribution in [0.25, 0.3) is 0 Å². The Morgan fingerprint density at radius 1 is 1.10 bits per heavy atom. The molecule has 1 aliphatic rings. The van der Waals surface area contributed by atoms with Gasteiger partial charge in [0.25, 0.3) is 0 Å². The van der Waals surface area contributed by atoms with Crippen molar-refractivity contribution in [3.05, 3.63) is 35.9 Å². The molecule has 118 valence electrons. The van der Waals surface area contributed by atoms with Gasteiger partial charge in [0.1, 0.15) is 0 Å². The van der Waals surface area contributed by atoms with Crippen molar-refractivity contribution >= 4 is 0 Å². The first-order chi connectivity index (χ1) is 9.72. The Bertz CT molecular complexity index is 456. The molecule has 0 radical (unpaired) electrons. The summed E-state index contributed by atoms with van der Waals surface area (Å²) < 4.78 is 6.05. The molecular formula is C18H29NO2. The highest BCUT2D eigenvalue weighted by Gasteiger charge is 2.53. The summed E-state index contributed by atoms with van der Waals surface area (Å²) in [5.74, 6) is 0.133. The zero-order chi connectivity index (χ0) is 15.7. The van der Waals surface area contributed by atoms with Crippen LogP contribution in [0.15, 0.2) is 30.3 Å². The molecule has 1 heterocycles. The maximum Gasteiger partial charge on any atom is 0.0896 e. The first-order valence-corrected chi connectivity index (χ1v) is 7.83. The summed E-state index contributed by atoms with van der Waals surface area (Å²) in [4.78, 5) is 2.30. The molecule has 0 aliphatic carbocycles. The van der Waals surface area contributed by atoms with Gasteiger partial charge in [-0.25, -0.2) is 0 Å². The van der Waals surface area contributed by atoms with E-state index in [1.54, 1.807) is 0 Å². The molecule has 0 saturated carbocycles. The van der Waals surface area contributed by atoms with Gasteiger partial charge in [-0.1, -0.05) is 30.3 Å². The molecule has 2 unspecified atom stereocenters. The number of ether oxygens (including phenoxy) is 1. The lowest BCUT2D eigenvalue weighted by molar-refractivity contribution is -0.0912. The van der Waals surface area contributed by atoms with Crippen LogP contribution in [0.5, 0.6) is 0 Å². The molecular weight excluding hydrogens is 262 g/mol. The molecule has 0 spiro atoms. The highest BCUT2D eigenvalue weighted by molar-refractivity contribution is 5.14. The number of nitrogens with zero attached hydrogens (tertiary/aromatic N) is 1. The van der Waals surface area contributed by atoms with Crippen LogP contribution in [0, 0.1) is 5.92 Å². The summed E-state index contributed by atoms with van der Waals surface area (Å²) in [7, 11) is 2.12. The van der Waals surface area contributed by atoms with E-state index in [0.717, 1.165) is 19.5 Å². The maximum atomic E-state index is 10.5. The lowest BCUT2D eigenvalue weighted by atomic mass is 9.84. The number of hydrogen-bond acceptors (Lipinski definition) is 3. The standard InChI is InChI=1S/C18H29NO2/c1-17(2)15(16(20)18(3,4)21-17)13-19(5)12-11-14-9-7-6-8-10-14/h6-10,15-16,20H,11-13H2,1-5H3. The predicted octanol–water partition coefficient (Wildman–Crippen LogP) is 2.73. The molecule has 0 aromatic heterocycles. The summed E-state index contributed by atoms with van der Waals surface area (Å²) in [5, 5.41) is 10.5. The molecule has 2 atom stereocenters. The Kier molecular flexibility index (Phi) is 4.76. The van der Waals surface area contributed by atoms with E-state index < -0.39 is 11.7 Å². The number of hydrogen-bond donors (Lipinski definition) is 1. The van der Waals surface area contributed by atoms with Crippen molar-refractivity contribution in [2.75, 3.05) is 20.1 Å². The summed E-state index contributed by atoms with van der Waals surface area (Å²) >= 11 is 0. The molecule has 0 bridgehead atoms. The van der Waals surface area contributed by atoms with Crippen LogP contribution in [-0.2, 0) is 11.2 Å². The summed E-state index contributed by atoms with van der Waals surface area (Å²) in [6.45, 7) is 9.96. The first kappa shape index (κ1) is 16.5. The molecule has 3 heteroatoms. The quantitative estimate of drug-likeness (QED) is 0.905. The highest BCUT2D eigenvalue weighted by atomic mass is 16.5. The number of rotatable bonds is 5. The van der Waals surface area contributed by atoms with E-state index in [9.17, 15) is 5.11 Å². The van der Waals surface area contributed by atoms with Crippen LogP contribution in [0.2, 0.25) is 0 Å². The summed E-state index contributed by atoms with van der Waals surface area (Å²) in [5.41, 5.74) is 0.602. The van der Waals surface area contributed by atoms with Crippen LogP contribution in [0.1, 0.15) is 33.3 Å². The van der Waals surface area contributed by atoms with E-state index in [1.165, 1.54) is 5.56 Å². The second-order valence-electron chi connectivity index (χ2n) is 7.36. The minimum absolute atomic E-state index is 0.133. The van der Waals surface area contributed by atoms with Gasteiger partial charge in [-0.3, -0.25) is 0 Å². The van der Waals surface area contributed by atoms with E-state index in [2.05, 4.69) is 50.1 Å². The Morgan fingerprint density at radius 3 is 2.24 bits per heavy atom. The van der Waals surface area contributed by atoms with Gasteiger partial charge in [-0.15, -0.1) is 0 Å². The average Bonchev–Trinajstić information content (AvgIpc) is 2.56. The van der Waals surface area contributed by atoms with Crippen molar-refractivity contribution in [3.8, 4) is 0 Å². The third-order valence-corrected chi connectivity index (χ3v) is 4.65. The Labute approximate surface area is 128 Å². The van der Waals surface area contributed by atoms with E-state index in [4.69, 9.17) is 4.74 Å². The second-order valence-corrected chi connectivity index (χ2v) is 7.36. The zero-order valence-corrected chi connectivity index (χ0v) is 14.0. The minimum atomic E-state index is -0.464. The predicted molar refractivity (Wildman–Crippen MR) is 86.4 cm³/mol. The molecule has 1 fully saturated rings. The molecule has 1 aliphatic heterocycles. The Balaban J connectivity index is 1.91. The Morgan fingerprint density at radius 2 is 1.71 bits per heavy atom. The van der Waals surface area contributed by atoms with Gasteiger partial charge in [0.05, 0.1) is 17.3 Å². The van der Waals surface area contributed by atoms with Crippen molar-refractivity contribution in [1.29, 1.82) is 0 Å². The number of aliphatic hydroxyl groups is 1. The fourth-order valence-electron chi connectivity index (χ4n) is 3.39. The number of likely N-dealkylation sites (N-methyl/N-ethyl adjacent to an activating group) is 1. The van der Waals surface area contributed by atoms with Crippen molar-refractivity contribution in [2.24, 2.45) is 5.92 Å². The van der Waals surface area contributed by atoms with Crippen LogP contribution in [-0.4, -0.2) is 47.4 Å². The van der Waals surface area contributed by atoms with Crippen LogP contribution in [0.4, 0.5) is 0 Å². The zero-order valence-electron chi connectivity index (χ0n) is 14.0. The van der Waals surface area contributed by atoms with Gasteiger partial charge in [0.15, 0.2) is 0 Å². The van der Waals surface area contributed by atoms with Crippen LogP contribution < -0.4 is 0 Å². The van der Waals surface area contributed by atoms with Crippen LogP contribution >= 0.6 is 0 Å². The van der Waals surface area contributed by atoms with Crippen molar-refractivity contribution in [2.45, 2.75) is 51.4 Å². The van der Waals surface area contributed by atoms with E-state index in [0.29, 0.717) is 0 Å². The lowest BCUT2D eigenvalue weighted by Crippen LogP contribution is -2.42.